The van der Waals surface area contributed by atoms with Gasteiger partial charge in [-0.25, -0.2) is 9.37 Å². The molecule has 1 aliphatic carbocycles. The Morgan fingerprint density at radius 3 is 2.68 bits per heavy atom. The van der Waals surface area contributed by atoms with Crippen molar-refractivity contribution in [2.75, 3.05) is 4.90 Å². The molecule has 1 aromatic heterocycles. The summed E-state index contributed by atoms with van der Waals surface area (Å²) in [7, 11) is 0. The van der Waals surface area contributed by atoms with E-state index in [1.54, 1.807) is 30.3 Å². The van der Waals surface area contributed by atoms with E-state index < -0.39 is 30.1 Å². The van der Waals surface area contributed by atoms with E-state index in [0.29, 0.717) is 34.3 Å². The Morgan fingerprint density at radius 2 is 1.94 bits per heavy atom. The fourth-order valence-electron chi connectivity index (χ4n) is 4.71. The first-order valence-corrected chi connectivity index (χ1v) is 10.9. The number of ketones is 1. The van der Waals surface area contributed by atoms with Crippen LogP contribution in [-0.2, 0) is 14.3 Å². The molecule has 5 rings (SSSR count). The number of hydrogen-bond donors (Lipinski definition) is 0. The molecule has 0 N–H and O–H groups in total. The van der Waals surface area contributed by atoms with Crippen LogP contribution >= 0.6 is 23.2 Å². The molecule has 0 spiro atoms. The number of fused-ring (bicyclic) bond motifs is 1. The standard InChI is InChI=1S/C23H19Cl2FN2O3/c1-11-3-2-4-18(27-11)28-20(12-5-7-15(24)16(25)9-12)19-21(29)14-10-13(26)6-8-17(14)31-22(19)23(28)30/h2-5,7,9,13-14,17,20H,6,8,10H2,1H3. The van der Waals surface area contributed by atoms with Crippen LogP contribution in [-0.4, -0.2) is 29.0 Å². The highest BCUT2D eigenvalue weighted by atomic mass is 35.5. The lowest BCUT2D eigenvalue weighted by Crippen LogP contribution is -2.42. The second-order valence-electron chi connectivity index (χ2n) is 8.17. The number of carbonyl (C=O) groups is 2. The van der Waals surface area contributed by atoms with Crippen molar-refractivity contribution in [3.05, 3.63) is 69.0 Å². The number of halogens is 3. The van der Waals surface area contributed by atoms with Crippen LogP contribution in [0.3, 0.4) is 0 Å². The SMILES string of the molecule is Cc1cccc(N2C(=O)C3=C(C(=O)C4CC(F)CCC4O3)C2c2ccc(Cl)c(Cl)c2)n1. The van der Waals surface area contributed by atoms with Crippen molar-refractivity contribution >= 4 is 40.7 Å². The van der Waals surface area contributed by atoms with Gasteiger partial charge >= 0.3 is 0 Å². The summed E-state index contributed by atoms with van der Waals surface area (Å²) in [6.45, 7) is 1.82. The van der Waals surface area contributed by atoms with Crippen molar-refractivity contribution in [1.29, 1.82) is 0 Å². The minimum Gasteiger partial charge on any atom is -0.483 e. The van der Waals surface area contributed by atoms with Gasteiger partial charge in [0.25, 0.3) is 5.91 Å². The maximum atomic E-state index is 14.1. The summed E-state index contributed by atoms with van der Waals surface area (Å²) in [5, 5.41) is 0.671. The van der Waals surface area contributed by atoms with Crippen LogP contribution in [0.25, 0.3) is 0 Å². The zero-order valence-corrected chi connectivity index (χ0v) is 18.2. The van der Waals surface area contributed by atoms with E-state index in [1.807, 2.05) is 13.0 Å². The van der Waals surface area contributed by atoms with E-state index in [-0.39, 0.29) is 23.5 Å². The molecule has 31 heavy (non-hydrogen) atoms. The van der Waals surface area contributed by atoms with Gasteiger partial charge in [0.2, 0.25) is 0 Å². The van der Waals surface area contributed by atoms with E-state index in [0.717, 1.165) is 5.69 Å². The zero-order valence-electron chi connectivity index (χ0n) is 16.6. The zero-order chi connectivity index (χ0) is 21.9. The number of Topliss-reactive ketones (excluding diaryl/α,β-unsaturated/α-hetero) is 1. The van der Waals surface area contributed by atoms with Crippen molar-refractivity contribution in [2.24, 2.45) is 5.92 Å². The number of anilines is 1. The highest BCUT2D eigenvalue weighted by molar-refractivity contribution is 6.42. The minimum atomic E-state index is -1.05. The molecule has 0 bridgehead atoms. The predicted molar refractivity (Wildman–Crippen MR) is 115 cm³/mol. The molecule has 1 amide bonds. The van der Waals surface area contributed by atoms with E-state index in [4.69, 9.17) is 27.9 Å². The molecule has 3 aliphatic rings. The second kappa shape index (κ2) is 7.61. The van der Waals surface area contributed by atoms with Gasteiger partial charge in [-0.3, -0.25) is 14.5 Å². The van der Waals surface area contributed by atoms with Gasteiger partial charge in [0, 0.05) is 5.69 Å². The van der Waals surface area contributed by atoms with Gasteiger partial charge in [0.1, 0.15) is 18.1 Å². The lowest BCUT2D eigenvalue weighted by Gasteiger charge is -2.36. The first-order valence-electron chi connectivity index (χ1n) is 10.2. The molecule has 0 radical (unpaired) electrons. The van der Waals surface area contributed by atoms with Crippen LogP contribution in [0.2, 0.25) is 10.0 Å². The van der Waals surface area contributed by atoms with Gasteiger partial charge in [0.05, 0.1) is 27.6 Å². The summed E-state index contributed by atoms with van der Waals surface area (Å²) in [4.78, 5) is 33.0. The van der Waals surface area contributed by atoms with Gasteiger partial charge in [-0.2, -0.15) is 0 Å². The Kier molecular flexibility index (Phi) is 5.02. The van der Waals surface area contributed by atoms with Crippen molar-refractivity contribution in [1.82, 2.24) is 4.98 Å². The quantitative estimate of drug-likeness (QED) is 0.621. The van der Waals surface area contributed by atoms with E-state index in [2.05, 4.69) is 4.98 Å². The number of alkyl halides is 1. The molecule has 0 saturated heterocycles. The third-order valence-corrected chi connectivity index (χ3v) is 6.90. The summed E-state index contributed by atoms with van der Waals surface area (Å²) < 4.78 is 20.2. The number of hydrogen-bond acceptors (Lipinski definition) is 4. The molecular formula is C23H19Cl2FN2O3. The Bertz CT molecular complexity index is 1140. The molecule has 160 valence electrons. The number of benzene rings is 1. The highest BCUT2D eigenvalue weighted by Gasteiger charge is 2.53. The van der Waals surface area contributed by atoms with Crippen molar-refractivity contribution < 1.29 is 18.7 Å². The average molecular weight is 461 g/mol. The fraction of sp³-hybridized carbons (Fsp3) is 0.348. The van der Waals surface area contributed by atoms with Crippen LogP contribution in [0.15, 0.2) is 47.7 Å². The third kappa shape index (κ3) is 3.33. The number of ether oxygens (including phenoxy) is 1. The predicted octanol–water partition coefficient (Wildman–Crippen LogP) is 5.14. The number of pyridine rings is 1. The van der Waals surface area contributed by atoms with Crippen LogP contribution < -0.4 is 4.90 Å². The summed E-state index contributed by atoms with van der Waals surface area (Å²) >= 11 is 12.3. The number of aryl methyl sites for hydroxylation is 1. The summed E-state index contributed by atoms with van der Waals surface area (Å²) in [5.41, 5.74) is 1.57. The Balaban J connectivity index is 1.67. The Labute approximate surface area is 188 Å². The van der Waals surface area contributed by atoms with Crippen LogP contribution in [0.5, 0.6) is 0 Å². The number of nitrogens with zero attached hydrogens (tertiary/aromatic N) is 2. The van der Waals surface area contributed by atoms with E-state index in [1.165, 1.54) is 4.90 Å². The molecule has 2 aliphatic heterocycles. The lowest BCUT2D eigenvalue weighted by atomic mass is 9.77. The largest absolute Gasteiger partial charge is 0.483 e. The molecule has 3 heterocycles. The molecule has 4 atom stereocenters. The topological polar surface area (TPSA) is 59.5 Å². The number of amides is 1. The average Bonchev–Trinajstić information content (AvgIpc) is 3.03. The first-order chi connectivity index (χ1) is 14.8. The second-order valence-corrected chi connectivity index (χ2v) is 8.98. The van der Waals surface area contributed by atoms with Gasteiger partial charge in [-0.1, -0.05) is 35.3 Å². The third-order valence-electron chi connectivity index (χ3n) is 6.16. The van der Waals surface area contributed by atoms with Crippen molar-refractivity contribution in [3.8, 4) is 0 Å². The van der Waals surface area contributed by atoms with Crippen LogP contribution in [0, 0.1) is 12.8 Å². The summed E-state index contributed by atoms with van der Waals surface area (Å²) in [5.74, 6) is -0.848. The van der Waals surface area contributed by atoms with Gasteiger partial charge in [-0.05, 0) is 56.0 Å². The van der Waals surface area contributed by atoms with Gasteiger partial charge < -0.3 is 4.74 Å². The normalized spacial score (nSPS) is 27.8. The van der Waals surface area contributed by atoms with Gasteiger partial charge in [0.15, 0.2) is 11.5 Å². The maximum absolute atomic E-state index is 14.1. The Hall–Kier alpha value is -2.44. The van der Waals surface area contributed by atoms with E-state index >= 15 is 0 Å². The number of carbonyl (C=O) groups excluding carboxylic acids is 2. The van der Waals surface area contributed by atoms with Gasteiger partial charge in [-0.15, -0.1) is 0 Å². The van der Waals surface area contributed by atoms with Crippen molar-refractivity contribution in [3.63, 3.8) is 0 Å². The van der Waals surface area contributed by atoms with Crippen LogP contribution in [0.4, 0.5) is 10.2 Å². The molecular weight excluding hydrogens is 442 g/mol. The summed E-state index contributed by atoms with van der Waals surface area (Å²) in [6.07, 6.45) is -0.703. The molecule has 8 heteroatoms. The molecule has 1 fully saturated rings. The molecule has 5 nitrogen and oxygen atoms in total. The maximum Gasteiger partial charge on any atom is 0.295 e. The summed E-state index contributed by atoms with van der Waals surface area (Å²) in [6, 6.07) is 9.54. The molecule has 1 aromatic carbocycles. The monoisotopic (exact) mass is 460 g/mol. The number of rotatable bonds is 2. The highest BCUT2D eigenvalue weighted by Crippen LogP contribution is 2.48. The smallest absolute Gasteiger partial charge is 0.295 e. The first kappa shape index (κ1) is 20.5. The minimum absolute atomic E-state index is 0.0305. The molecule has 1 saturated carbocycles. The molecule has 2 aromatic rings. The fourth-order valence-corrected chi connectivity index (χ4v) is 5.02. The lowest BCUT2D eigenvalue weighted by molar-refractivity contribution is -0.133. The van der Waals surface area contributed by atoms with E-state index in [9.17, 15) is 14.0 Å². The number of aromatic nitrogens is 1. The van der Waals surface area contributed by atoms with Crippen molar-refractivity contribution in [2.45, 2.75) is 44.5 Å². The van der Waals surface area contributed by atoms with Crippen LogP contribution in [0.1, 0.15) is 36.6 Å². The Morgan fingerprint density at radius 1 is 1.13 bits per heavy atom. The molecule has 4 unspecified atom stereocenters.